The fraction of sp³-hybridized carbons (Fsp3) is 0.500. The molecule has 1 aromatic rings. The summed E-state index contributed by atoms with van der Waals surface area (Å²) in [5, 5.41) is 0. The second kappa shape index (κ2) is 7.29. The Labute approximate surface area is 160 Å². The highest BCUT2D eigenvalue weighted by Gasteiger charge is 2.47. The molecule has 1 unspecified atom stereocenters. The molecule has 0 saturated heterocycles. The predicted octanol–water partition coefficient (Wildman–Crippen LogP) is 4.08. The minimum Gasteiger partial charge on any atom is -0.494 e. The molecule has 1 saturated carbocycles. The molecule has 1 fully saturated rings. The molecule has 0 spiro atoms. The molecule has 144 valence electrons. The minimum atomic E-state index is -0.424. The highest BCUT2D eigenvalue weighted by atomic mass is 16.5. The molecule has 5 heteroatoms. The van der Waals surface area contributed by atoms with Crippen molar-refractivity contribution in [3.05, 3.63) is 41.1 Å². The van der Waals surface area contributed by atoms with Crippen LogP contribution in [0.4, 0.5) is 0 Å². The van der Waals surface area contributed by atoms with Crippen molar-refractivity contribution in [3.63, 3.8) is 0 Å². The van der Waals surface area contributed by atoms with E-state index >= 15 is 0 Å². The first-order chi connectivity index (χ1) is 12.8. The number of methoxy groups -OCH3 is 1. The van der Waals surface area contributed by atoms with Gasteiger partial charge in [0, 0.05) is 23.7 Å². The van der Waals surface area contributed by atoms with Gasteiger partial charge in [-0.3, -0.25) is 9.79 Å². The fourth-order valence-electron chi connectivity index (χ4n) is 4.27. The Kier molecular flexibility index (Phi) is 5.22. The van der Waals surface area contributed by atoms with Crippen molar-refractivity contribution in [2.75, 3.05) is 13.7 Å². The van der Waals surface area contributed by atoms with Crippen LogP contribution in [0.1, 0.15) is 52.0 Å². The van der Waals surface area contributed by atoms with E-state index < -0.39 is 11.9 Å². The molecule has 0 radical (unpaired) electrons. The van der Waals surface area contributed by atoms with Crippen LogP contribution in [0.3, 0.4) is 0 Å². The van der Waals surface area contributed by atoms with Gasteiger partial charge in [-0.25, -0.2) is 4.79 Å². The molecule has 2 atom stereocenters. The van der Waals surface area contributed by atoms with E-state index in [1.165, 1.54) is 7.11 Å². The summed E-state index contributed by atoms with van der Waals surface area (Å²) >= 11 is 0. The normalized spacial score (nSPS) is 24.2. The van der Waals surface area contributed by atoms with E-state index in [2.05, 4.69) is 18.8 Å². The van der Waals surface area contributed by atoms with Crippen LogP contribution in [0.15, 0.2) is 40.5 Å². The summed E-state index contributed by atoms with van der Waals surface area (Å²) in [5.41, 5.74) is 2.78. The van der Waals surface area contributed by atoms with Gasteiger partial charge in [0.15, 0.2) is 0 Å². The zero-order valence-corrected chi connectivity index (χ0v) is 16.7. The molecule has 1 aromatic carbocycles. The van der Waals surface area contributed by atoms with Crippen LogP contribution in [-0.4, -0.2) is 31.2 Å². The van der Waals surface area contributed by atoms with Crippen LogP contribution in [0.2, 0.25) is 0 Å². The molecule has 1 aliphatic carbocycles. The van der Waals surface area contributed by atoms with E-state index in [1.807, 2.05) is 38.1 Å². The molecule has 0 amide bonds. The smallest absolute Gasteiger partial charge is 0.336 e. The van der Waals surface area contributed by atoms with Crippen molar-refractivity contribution in [1.29, 1.82) is 0 Å². The van der Waals surface area contributed by atoms with Crippen molar-refractivity contribution in [3.8, 4) is 5.75 Å². The third-order valence-electron chi connectivity index (χ3n) is 5.32. The zero-order valence-electron chi connectivity index (χ0n) is 16.7. The number of rotatable bonds is 4. The number of hydrogen-bond acceptors (Lipinski definition) is 5. The van der Waals surface area contributed by atoms with E-state index in [0.717, 1.165) is 23.4 Å². The Balaban J connectivity index is 2.11. The van der Waals surface area contributed by atoms with E-state index in [4.69, 9.17) is 9.47 Å². The summed E-state index contributed by atoms with van der Waals surface area (Å²) in [4.78, 5) is 30.3. The lowest BCUT2D eigenvalue weighted by atomic mass is 9.63. The van der Waals surface area contributed by atoms with Gasteiger partial charge in [0.25, 0.3) is 0 Å². The quantitative estimate of drug-likeness (QED) is 0.750. The van der Waals surface area contributed by atoms with Gasteiger partial charge in [0.05, 0.1) is 25.2 Å². The number of benzene rings is 1. The number of Topliss-reactive ketones (excluding diaryl/α,β-unsaturated/α-hetero) is 1. The summed E-state index contributed by atoms with van der Waals surface area (Å²) in [6.07, 6.45) is 1.24. The van der Waals surface area contributed by atoms with Crippen molar-refractivity contribution in [2.24, 2.45) is 16.3 Å². The zero-order chi connectivity index (χ0) is 19.8. The number of carbonyl (C=O) groups excluding carboxylic acids is 2. The van der Waals surface area contributed by atoms with Crippen molar-refractivity contribution >= 4 is 17.5 Å². The van der Waals surface area contributed by atoms with E-state index in [-0.39, 0.29) is 17.1 Å². The van der Waals surface area contributed by atoms with Crippen LogP contribution in [0, 0.1) is 11.3 Å². The maximum Gasteiger partial charge on any atom is 0.336 e. The van der Waals surface area contributed by atoms with E-state index in [9.17, 15) is 9.59 Å². The van der Waals surface area contributed by atoms with Crippen LogP contribution < -0.4 is 4.74 Å². The molecule has 3 rings (SSSR count). The Hall–Kier alpha value is -2.43. The monoisotopic (exact) mass is 369 g/mol. The number of ether oxygens (including phenoxy) is 2. The lowest BCUT2D eigenvalue weighted by molar-refractivity contribution is -0.136. The van der Waals surface area contributed by atoms with Gasteiger partial charge in [-0.15, -0.1) is 0 Å². The molecule has 0 aromatic heterocycles. The third kappa shape index (κ3) is 3.68. The number of nitrogens with zero attached hydrogens (tertiary/aromatic N) is 1. The average Bonchev–Trinajstić information content (AvgIpc) is 2.60. The van der Waals surface area contributed by atoms with Crippen LogP contribution in [0.5, 0.6) is 5.75 Å². The average molecular weight is 369 g/mol. The van der Waals surface area contributed by atoms with Crippen molar-refractivity contribution in [2.45, 2.75) is 46.5 Å². The molecule has 2 aliphatic rings. The van der Waals surface area contributed by atoms with Crippen molar-refractivity contribution < 1.29 is 19.1 Å². The van der Waals surface area contributed by atoms with Crippen LogP contribution >= 0.6 is 0 Å². The topological polar surface area (TPSA) is 65.0 Å². The highest BCUT2D eigenvalue weighted by Crippen LogP contribution is 2.47. The van der Waals surface area contributed by atoms with Gasteiger partial charge in [-0.1, -0.05) is 26.0 Å². The number of esters is 1. The Morgan fingerprint density at radius 1 is 1.19 bits per heavy atom. The molecular formula is C22H27NO4. The maximum absolute atomic E-state index is 13.1. The van der Waals surface area contributed by atoms with E-state index in [1.54, 1.807) is 0 Å². The minimum absolute atomic E-state index is 0.112. The molecule has 5 nitrogen and oxygen atoms in total. The van der Waals surface area contributed by atoms with Gasteiger partial charge in [0.1, 0.15) is 11.5 Å². The van der Waals surface area contributed by atoms with Crippen molar-refractivity contribution in [1.82, 2.24) is 0 Å². The Morgan fingerprint density at radius 2 is 1.85 bits per heavy atom. The first kappa shape index (κ1) is 19.3. The van der Waals surface area contributed by atoms with Gasteiger partial charge in [-0.2, -0.15) is 0 Å². The first-order valence-electron chi connectivity index (χ1n) is 9.39. The van der Waals surface area contributed by atoms with Gasteiger partial charge in [-0.05, 0) is 43.4 Å². The highest BCUT2D eigenvalue weighted by molar-refractivity contribution is 6.12. The second-order valence-electron chi connectivity index (χ2n) is 8.04. The third-order valence-corrected chi connectivity index (χ3v) is 5.32. The number of fused-ring (bicyclic) bond motifs is 1. The lowest BCUT2D eigenvalue weighted by Gasteiger charge is -2.41. The van der Waals surface area contributed by atoms with Crippen LogP contribution in [-0.2, 0) is 14.3 Å². The molecule has 27 heavy (non-hydrogen) atoms. The maximum atomic E-state index is 13.1. The lowest BCUT2D eigenvalue weighted by Crippen LogP contribution is -2.44. The van der Waals surface area contributed by atoms with Gasteiger partial charge >= 0.3 is 5.97 Å². The Bertz CT molecular complexity index is 817. The number of aliphatic imine (C=N–C) groups is 1. The Morgan fingerprint density at radius 3 is 2.44 bits per heavy atom. The molecular weight excluding hydrogens is 342 g/mol. The number of ketones is 1. The van der Waals surface area contributed by atoms with E-state index in [0.29, 0.717) is 24.3 Å². The first-order valence-corrected chi connectivity index (χ1v) is 9.39. The molecule has 1 aliphatic heterocycles. The predicted molar refractivity (Wildman–Crippen MR) is 104 cm³/mol. The standard InChI is InChI=1S/C22H27NO4/c1-6-27-15-9-7-14(8-10-15)19-18(21(25)26-5)13(2)23-16-11-22(3,4)12-17(24)20(16)19/h7-10,19-20H,6,11-12H2,1-5H3/t19-,20?/m0/s1. The molecule has 0 bridgehead atoms. The summed E-state index contributed by atoms with van der Waals surface area (Å²) in [5.74, 6) is -0.301. The molecule has 0 N–H and O–H groups in total. The van der Waals surface area contributed by atoms with Crippen LogP contribution in [0.25, 0.3) is 0 Å². The number of carbonyl (C=O) groups is 2. The summed E-state index contributed by atoms with van der Waals surface area (Å²) in [7, 11) is 1.36. The summed E-state index contributed by atoms with van der Waals surface area (Å²) in [6, 6.07) is 7.63. The number of hydrogen-bond donors (Lipinski definition) is 0. The largest absolute Gasteiger partial charge is 0.494 e. The van der Waals surface area contributed by atoms with Gasteiger partial charge < -0.3 is 9.47 Å². The fourth-order valence-corrected chi connectivity index (χ4v) is 4.27. The summed E-state index contributed by atoms with van der Waals surface area (Å²) in [6.45, 7) is 8.52. The second-order valence-corrected chi connectivity index (χ2v) is 8.04. The molecule has 1 heterocycles. The van der Waals surface area contributed by atoms with Gasteiger partial charge in [0.2, 0.25) is 0 Å². The summed E-state index contributed by atoms with van der Waals surface area (Å²) < 4.78 is 10.6. The number of allylic oxidation sites excluding steroid dienone is 1. The SMILES string of the molecule is CCOc1ccc([C@H]2C(C(=O)OC)=C(C)N=C3CC(C)(C)CC(=O)C32)cc1.